The van der Waals surface area contributed by atoms with Crippen LogP contribution < -0.4 is 11.1 Å². The summed E-state index contributed by atoms with van der Waals surface area (Å²) >= 11 is 5.84. The second-order valence-corrected chi connectivity index (χ2v) is 4.82. The molecule has 1 aromatic heterocycles. The van der Waals surface area contributed by atoms with Crippen LogP contribution in [0.3, 0.4) is 0 Å². The van der Waals surface area contributed by atoms with Crippen molar-refractivity contribution in [1.29, 1.82) is 0 Å². The zero-order chi connectivity index (χ0) is 14.7. The van der Waals surface area contributed by atoms with Gasteiger partial charge in [0.05, 0.1) is 17.3 Å². The summed E-state index contributed by atoms with van der Waals surface area (Å²) in [5, 5.41) is 12.7. The number of anilines is 2. The van der Waals surface area contributed by atoms with Crippen molar-refractivity contribution >= 4 is 29.1 Å². The molecule has 0 aliphatic heterocycles. The van der Waals surface area contributed by atoms with Gasteiger partial charge in [-0.05, 0) is 30.7 Å². The van der Waals surface area contributed by atoms with E-state index in [1.165, 1.54) is 12.3 Å². The van der Waals surface area contributed by atoms with E-state index in [1.807, 2.05) is 19.1 Å². The van der Waals surface area contributed by atoms with E-state index in [0.717, 1.165) is 5.56 Å². The minimum absolute atomic E-state index is 0.0299. The molecule has 0 radical (unpaired) electrons. The number of hydrogen-bond acceptors (Lipinski definition) is 4. The summed E-state index contributed by atoms with van der Waals surface area (Å²) in [6.45, 7) is 1.95. The fourth-order valence-electron chi connectivity index (χ4n) is 1.76. The number of rotatable bonds is 4. The number of benzene rings is 1. The summed E-state index contributed by atoms with van der Waals surface area (Å²) in [5.41, 5.74) is 7.19. The molecule has 0 saturated heterocycles. The number of aromatic nitrogens is 1. The molecule has 104 valence electrons. The lowest BCUT2D eigenvalue weighted by molar-refractivity contribution is 0.0696. The zero-order valence-corrected chi connectivity index (χ0v) is 11.6. The first-order valence-electron chi connectivity index (χ1n) is 5.98. The van der Waals surface area contributed by atoms with Crippen LogP contribution in [0.5, 0.6) is 0 Å². The smallest absolute Gasteiger partial charge is 0.337 e. The molecule has 0 amide bonds. The number of carboxylic acid groups (broad SMARTS) is 1. The number of aromatic carboxylic acids is 1. The van der Waals surface area contributed by atoms with Crippen LogP contribution >= 0.6 is 11.6 Å². The van der Waals surface area contributed by atoms with Crippen LogP contribution in [0.15, 0.2) is 36.5 Å². The van der Waals surface area contributed by atoms with Gasteiger partial charge in [0, 0.05) is 11.2 Å². The second kappa shape index (κ2) is 5.79. The molecular weight excluding hydrogens is 278 g/mol. The van der Waals surface area contributed by atoms with Gasteiger partial charge in [0.25, 0.3) is 0 Å². The van der Waals surface area contributed by atoms with E-state index in [0.29, 0.717) is 16.5 Å². The van der Waals surface area contributed by atoms with Crippen molar-refractivity contribution in [3.8, 4) is 0 Å². The third-order valence-corrected chi connectivity index (χ3v) is 3.14. The van der Waals surface area contributed by atoms with Crippen molar-refractivity contribution in [2.45, 2.75) is 13.0 Å². The number of nitrogens with two attached hydrogens (primary N) is 1. The third-order valence-electron chi connectivity index (χ3n) is 2.89. The van der Waals surface area contributed by atoms with Crippen LogP contribution in [0, 0.1) is 0 Å². The van der Waals surface area contributed by atoms with Crippen LogP contribution in [0.2, 0.25) is 5.02 Å². The van der Waals surface area contributed by atoms with Crippen LogP contribution in [0.1, 0.15) is 28.9 Å². The predicted molar refractivity (Wildman–Crippen MR) is 79.1 cm³/mol. The van der Waals surface area contributed by atoms with Crippen LogP contribution in [0.4, 0.5) is 11.5 Å². The van der Waals surface area contributed by atoms with Crippen molar-refractivity contribution < 1.29 is 9.90 Å². The molecule has 1 aromatic carbocycles. The number of carbonyl (C=O) groups is 1. The Kier molecular flexibility index (Phi) is 4.10. The summed E-state index contributed by atoms with van der Waals surface area (Å²) in [4.78, 5) is 14.9. The molecule has 0 fully saturated rings. The molecule has 1 atom stereocenters. The number of nitrogen functional groups attached to an aromatic ring is 1. The Balaban J connectivity index is 2.17. The van der Waals surface area contributed by atoms with Gasteiger partial charge in [-0.1, -0.05) is 23.7 Å². The highest BCUT2D eigenvalue weighted by Gasteiger charge is 2.11. The highest BCUT2D eigenvalue weighted by Crippen LogP contribution is 2.23. The molecule has 0 saturated carbocycles. The molecule has 1 unspecified atom stereocenters. The number of hydrogen-bond donors (Lipinski definition) is 3. The van der Waals surface area contributed by atoms with E-state index in [4.69, 9.17) is 22.4 Å². The van der Waals surface area contributed by atoms with E-state index in [1.54, 1.807) is 12.1 Å². The Hall–Kier alpha value is -2.27. The molecule has 4 N–H and O–H groups in total. The number of nitrogens with one attached hydrogen (secondary N) is 1. The van der Waals surface area contributed by atoms with E-state index < -0.39 is 5.97 Å². The van der Waals surface area contributed by atoms with Gasteiger partial charge in [-0.3, -0.25) is 0 Å². The van der Waals surface area contributed by atoms with E-state index in [2.05, 4.69) is 10.3 Å². The summed E-state index contributed by atoms with van der Waals surface area (Å²) in [5.74, 6) is -0.598. The second-order valence-electron chi connectivity index (χ2n) is 4.38. The fourth-order valence-corrected chi connectivity index (χ4v) is 1.89. The van der Waals surface area contributed by atoms with Gasteiger partial charge in [-0.25, -0.2) is 9.78 Å². The van der Waals surface area contributed by atoms with Crippen LogP contribution in [-0.2, 0) is 0 Å². The molecule has 6 heteroatoms. The standard InChI is InChI=1S/C14H14ClN3O2/c1-8(9-2-4-11(15)5-3-9)18-13-12(16)6-10(7-17-13)14(19)20/h2-8H,16H2,1H3,(H,17,18)(H,19,20). The molecule has 0 spiro atoms. The van der Waals surface area contributed by atoms with Crippen molar-refractivity contribution in [1.82, 2.24) is 4.98 Å². The number of nitrogens with zero attached hydrogens (tertiary/aromatic N) is 1. The van der Waals surface area contributed by atoms with Gasteiger partial charge in [-0.15, -0.1) is 0 Å². The highest BCUT2D eigenvalue weighted by molar-refractivity contribution is 6.30. The minimum atomic E-state index is -1.05. The minimum Gasteiger partial charge on any atom is -0.478 e. The van der Waals surface area contributed by atoms with Crippen LogP contribution in [-0.4, -0.2) is 16.1 Å². The monoisotopic (exact) mass is 291 g/mol. The van der Waals surface area contributed by atoms with Gasteiger partial charge in [-0.2, -0.15) is 0 Å². The predicted octanol–water partition coefficient (Wildman–Crippen LogP) is 3.19. The zero-order valence-electron chi connectivity index (χ0n) is 10.8. The Morgan fingerprint density at radius 2 is 2.05 bits per heavy atom. The van der Waals surface area contributed by atoms with Crippen molar-refractivity contribution in [2.75, 3.05) is 11.1 Å². The van der Waals surface area contributed by atoms with Gasteiger partial charge in [0.2, 0.25) is 0 Å². The van der Waals surface area contributed by atoms with Crippen molar-refractivity contribution in [3.63, 3.8) is 0 Å². The number of pyridine rings is 1. The molecule has 2 aromatic rings. The molecule has 0 aliphatic rings. The summed E-state index contributed by atoms with van der Waals surface area (Å²) in [6, 6.07) is 8.77. The average molecular weight is 292 g/mol. The highest BCUT2D eigenvalue weighted by atomic mass is 35.5. The third kappa shape index (κ3) is 3.19. The van der Waals surface area contributed by atoms with Crippen molar-refractivity contribution in [2.24, 2.45) is 0 Å². The summed E-state index contributed by atoms with van der Waals surface area (Å²) in [6.07, 6.45) is 1.27. The van der Waals surface area contributed by atoms with Gasteiger partial charge >= 0.3 is 5.97 Å². The first-order chi connectivity index (χ1) is 9.47. The lowest BCUT2D eigenvalue weighted by Crippen LogP contribution is -2.11. The normalized spacial score (nSPS) is 11.9. The quantitative estimate of drug-likeness (QED) is 0.805. The van der Waals surface area contributed by atoms with Crippen molar-refractivity contribution in [3.05, 3.63) is 52.7 Å². The SMILES string of the molecule is CC(Nc1ncc(C(=O)O)cc1N)c1ccc(Cl)cc1. The molecule has 20 heavy (non-hydrogen) atoms. The maximum atomic E-state index is 10.8. The van der Waals surface area contributed by atoms with Crippen LogP contribution in [0.25, 0.3) is 0 Å². The Morgan fingerprint density at radius 3 is 2.60 bits per heavy atom. The Labute approximate surface area is 121 Å². The molecule has 2 rings (SSSR count). The topological polar surface area (TPSA) is 88.2 Å². The lowest BCUT2D eigenvalue weighted by Gasteiger charge is -2.16. The average Bonchev–Trinajstić information content (AvgIpc) is 2.41. The van der Waals surface area contributed by atoms with Gasteiger partial charge in [0.15, 0.2) is 0 Å². The van der Waals surface area contributed by atoms with E-state index in [-0.39, 0.29) is 11.6 Å². The Morgan fingerprint density at radius 1 is 1.40 bits per heavy atom. The number of halogens is 1. The summed E-state index contributed by atoms with van der Waals surface area (Å²) < 4.78 is 0. The van der Waals surface area contributed by atoms with E-state index >= 15 is 0 Å². The molecule has 1 heterocycles. The van der Waals surface area contributed by atoms with Gasteiger partial charge in [0.1, 0.15) is 5.82 Å². The molecule has 0 aliphatic carbocycles. The number of carboxylic acids is 1. The van der Waals surface area contributed by atoms with E-state index in [9.17, 15) is 4.79 Å². The Bertz CT molecular complexity index is 629. The lowest BCUT2D eigenvalue weighted by atomic mass is 10.1. The molecule has 5 nitrogen and oxygen atoms in total. The maximum absolute atomic E-state index is 10.8. The van der Waals surface area contributed by atoms with Gasteiger partial charge < -0.3 is 16.2 Å². The maximum Gasteiger partial charge on any atom is 0.337 e. The first-order valence-corrected chi connectivity index (χ1v) is 6.36. The largest absolute Gasteiger partial charge is 0.478 e. The molecule has 0 bridgehead atoms. The molecular formula is C14H14ClN3O2. The fraction of sp³-hybridized carbons (Fsp3) is 0.143. The summed E-state index contributed by atoms with van der Waals surface area (Å²) in [7, 11) is 0. The first kappa shape index (κ1) is 14.1.